The molecule has 0 aromatic heterocycles. The third-order valence-corrected chi connectivity index (χ3v) is 0.903. The highest BCUT2D eigenvalue weighted by molar-refractivity contribution is 5.26. The second kappa shape index (κ2) is 8.38. The van der Waals surface area contributed by atoms with E-state index in [9.17, 15) is 0 Å². The van der Waals surface area contributed by atoms with Crippen LogP contribution >= 0.6 is 0 Å². The van der Waals surface area contributed by atoms with E-state index in [0.717, 1.165) is 6.42 Å². The summed E-state index contributed by atoms with van der Waals surface area (Å²) in [5, 5.41) is 8.11. The van der Waals surface area contributed by atoms with E-state index in [0.29, 0.717) is 0 Å². The molecular weight excluding hydrogens is 136 g/mol. The van der Waals surface area contributed by atoms with Gasteiger partial charge in [0.25, 0.3) is 0 Å². The molecule has 2 heteroatoms. The van der Waals surface area contributed by atoms with Crippen LogP contribution in [0.15, 0.2) is 41.6 Å². The summed E-state index contributed by atoms with van der Waals surface area (Å²) in [5.41, 5.74) is 0. The Hall–Kier alpha value is -1.62. The number of allylic oxidation sites excluding steroid dienone is 5. The van der Waals surface area contributed by atoms with Crippen molar-refractivity contribution in [3.05, 3.63) is 36.6 Å². The zero-order valence-corrected chi connectivity index (χ0v) is 6.27. The van der Waals surface area contributed by atoms with Crippen LogP contribution in [-0.4, -0.2) is 6.72 Å². The molecule has 2 nitrogen and oxygen atoms in total. The Morgan fingerprint density at radius 3 is 2.82 bits per heavy atom. The molecule has 0 amide bonds. The standard InChI is InChI=1S/C9H10N2/c1-11-9-7-5-3-2-4-6-8-10/h3-7,9H,1-2H2/b5-3-,6-4+,9-7-. The zero-order chi connectivity index (χ0) is 8.36. The maximum absolute atomic E-state index is 8.11. The van der Waals surface area contributed by atoms with Gasteiger partial charge in [-0.25, -0.2) is 0 Å². The van der Waals surface area contributed by atoms with Crippen molar-refractivity contribution in [1.29, 1.82) is 5.26 Å². The Labute approximate surface area is 66.9 Å². The van der Waals surface area contributed by atoms with Gasteiger partial charge in [0.05, 0.1) is 6.07 Å². The Balaban J connectivity index is 3.46. The van der Waals surface area contributed by atoms with E-state index in [2.05, 4.69) is 11.7 Å². The first kappa shape index (κ1) is 9.38. The lowest BCUT2D eigenvalue weighted by atomic mass is 10.3. The van der Waals surface area contributed by atoms with Crippen molar-refractivity contribution in [2.45, 2.75) is 6.42 Å². The minimum atomic E-state index is 0.773. The van der Waals surface area contributed by atoms with Crippen LogP contribution in [0.1, 0.15) is 6.42 Å². The summed E-state index contributed by atoms with van der Waals surface area (Å²) < 4.78 is 0. The average Bonchev–Trinajstić information content (AvgIpc) is 2.03. The predicted octanol–water partition coefficient (Wildman–Crippen LogP) is 2.23. The maximum Gasteiger partial charge on any atom is 0.0908 e. The van der Waals surface area contributed by atoms with Crippen LogP contribution in [0.4, 0.5) is 0 Å². The number of nitriles is 1. The van der Waals surface area contributed by atoms with Crippen LogP contribution in [0.2, 0.25) is 0 Å². The number of aliphatic imine (C=N–C) groups is 1. The van der Waals surface area contributed by atoms with E-state index >= 15 is 0 Å². The summed E-state index contributed by atoms with van der Waals surface area (Å²) in [4.78, 5) is 3.52. The monoisotopic (exact) mass is 146 g/mol. The molecular formula is C9H10N2. The van der Waals surface area contributed by atoms with Crippen LogP contribution in [-0.2, 0) is 0 Å². The molecule has 0 spiro atoms. The van der Waals surface area contributed by atoms with Gasteiger partial charge in [0.15, 0.2) is 0 Å². The summed E-state index contributed by atoms with van der Waals surface area (Å²) in [6.45, 7) is 3.28. The molecule has 0 aliphatic carbocycles. The summed E-state index contributed by atoms with van der Waals surface area (Å²) >= 11 is 0. The SMILES string of the molecule is C=N/C=C\C=C/C/C=C/C#N. The Bertz CT molecular complexity index is 216. The molecule has 0 saturated heterocycles. The van der Waals surface area contributed by atoms with Crippen molar-refractivity contribution in [3.8, 4) is 6.07 Å². The highest BCUT2D eigenvalue weighted by Crippen LogP contribution is 1.86. The van der Waals surface area contributed by atoms with Crippen molar-refractivity contribution in [2.75, 3.05) is 0 Å². The van der Waals surface area contributed by atoms with Gasteiger partial charge < -0.3 is 0 Å². The van der Waals surface area contributed by atoms with E-state index in [1.807, 2.05) is 18.2 Å². The van der Waals surface area contributed by atoms with Crippen molar-refractivity contribution >= 4 is 6.72 Å². The van der Waals surface area contributed by atoms with Crippen LogP contribution in [0.25, 0.3) is 0 Å². The third-order valence-electron chi connectivity index (χ3n) is 0.903. The molecule has 0 bridgehead atoms. The number of nitrogens with zero attached hydrogens (tertiary/aromatic N) is 2. The highest BCUT2D eigenvalue weighted by Gasteiger charge is 1.67. The molecule has 0 heterocycles. The first-order chi connectivity index (χ1) is 5.41. The van der Waals surface area contributed by atoms with Gasteiger partial charge in [0.2, 0.25) is 0 Å². The van der Waals surface area contributed by atoms with Crippen molar-refractivity contribution in [2.24, 2.45) is 4.99 Å². The van der Waals surface area contributed by atoms with E-state index in [1.54, 1.807) is 18.4 Å². The van der Waals surface area contributed by atoms with Gasteiger partial charge in [-0.05, 0) is 19.2 Å². The van der Waals surface area contributed by atoms with Crippen molar-refractivity contribution in [3.63, 3.8) is 0 Å². The normalized spacial score (nSPS) is 11.2. The molecule has 0 unspecified atom stereocenters. The van der Waals surface area contributed by atoms with Crippen LogP contribution in [0, 0.1) is 11.3 Å². The summed E-state index contributed by atoms with van der Waals surface area (Å²) in [6.07, 6.45) is 11.2. The van der Waals surface area contributed by atoms with Gasteiger partial charge in [0.1, 0.15) is 0 Å². The minimum Gasteiger partial charge on any atom is -0.273 e. The fraction of sp³-hybridized carbons (Fsp3) is 0.111. The van der Waals surface area contributed by atoms with Crippen LogP contribution in [0.5, 0.6) is 0 Å². The smallest absolute Gasteiger partial charge is 0.0908 e. The minimum absolute atomic E-state index is 0.773. The average molecular weight is 146 g/mol. The van der Waals surface area contributed by atoms with Gasteiger partial charge in [-0.2, -0.15) is 5.26 Å². The molecule has 0 aromatic rings. The van der Waals surface area contributed by atoms with Gasteiger partial charge >= 0.3 is 0 Å². The Morgan fingerprint density at radius 1 is 1.36 bits per heavy atom. The van der Waals surface area contributed by atoms with E-state index in [1.165, 1.54) is 6.08 Å². The molecule has 11 heavy (non-hydrogen) atoms. The number of hydrogen-bond acceptors (Lipinski definition) is 2. The molecule has 56 valence electrons. The molecule has 0 aromatic carbocycles. The van der Waals surface area contributed by atoms with Crippen LogP contribution < -0.4 is 0 Å². The second-order valence-corrected chi connectivity index (χ2v) is 1.72. The van der Waals surface area contributed by atoms with E-state index in [-0.39, 0.29) is 0 Å². The lowest BCUT2D eigenvalue weighted by molar-refractivity contribution is 1.39. The lowest BCUT2D eigenvalue weighted by Gasteiger charge is -1.75. The molecule has 0 rings (SSSR count). The predicted molar refractivity (Wildman–Crippen MR) is 47.2 cm³/mol. The number of rotatable bonds is 4. The lowest BCUT2D eigenvalue weighted by Crippen LogP contribution is -1.56. The summed E-state index contributed by atoms with van der Waals surface area (Å²) in [7, 11) is 0. The molecule has 0 aliphatic heterocycles. The van der Waals surface area contributed by atoms with E-state index in [4.69, 9.17) is 5.26 Å². The highest BCUT2D eigenvalue weighted by atomic mass is 14.6. The molecule has 0 N–H and O–H groups in total. The molecule has 0 aliphatic rings. The van der Waals surface area contributed by atoms with Gasteiger partial charge in [-0.3, -0.25) is 4.99 Å². The first-order valence-electron chi connectivity index (χ1n) is 3.24. The largest absolute Gasteiger partial charge is 0.273 e. The summed E-state index contributed by atoms with van der Waals surface area (Å²) in [6, 6.07) is 1.91. The fourth-order valence-electron chi connectivity index (χ4n) is 0.467. The van der Waals surface area contributed by atoms with Crippen molar-refractivity contribution in [1.82, 2.24) is 0 Å². The summed E-state index contributed by atoms with van der Waals surface area (Å²) in [5.74, 6) is 0. The molecule has 0 atom stereocenters. The van der Waals surface area contributed by atoms with Gasteiger partial charge in [-0.15, -0.1) is 0 Å². The second-order valence-electron chi connectivity index (χ2n) is 1.72. The van der Waals surface area contributed by atoms with Gasteiger partial charge in [0, 0.05) is 12.3 Å². The van der Waals surface area contributed by atoms with Crippen LogP contribution in [0.3, 0.4) is 0 Å². The fourth-order valence-corrected chi connectivity index (χ4v) is 0.467. The first-order valence-corrected chi connectivity index (χ1v) is 3.24. The van der Waals surface area contributed by atoms with E-state index < -0.39 is 0 Å². The number of hydrogen-bond donors (Lipinski definition) is 0. The van der Waals surface area contributed by atoms with Gasteiger partial charge in [-0.1, -0.05) is 18.2 Å². The zero-order valence-electron chi connectivity index (χ0n) is 6.27. The molecule has 0 saturated carbocycles. The third kappa shape index (κ3) is 8.38. The maximum atomic E-state index is 8.11. The quantitative estimate of drug-likeness (QED) is 0.340. The molecule has 0 fully saturated rings. The Morgan fingerprint density at radius 2 is 2.18 bits per heavy atom. The Kier molecular flexibility index (Phi) is 7.15. The van der Waals surface area contributed by atoms with Crippen molar-refractivity contribution < 1.29 is 0 Å². The topological polar surface area (TPSA) is 36.1 Å². The molecule has 0 radical (unpaired) electrons.